The van der Waals surface area contributed by atoms with E-state index in [9.17, 15) is 13.2 Å². The van der Waals surface area contributed by atoms with E-state index in [1.165, 1.54) is 21.4 Å². The fourth-order valence-corrected chi connectivity index (χ4v) is 5.23. The van der Waals surface area contributed by atoms with Crippen molar-refractivity contribution < 1.29 is 17.9 Å². The van der Waals surface area contributed by atoms with Gasteiger partial charge in [-0.05, 0) is 24.6 Å². The first-order valence-corrected chi connectivity index (χ1v) is 11.7. The first-order valence-electron chi connectivity index (χ1n) is 10.3. The van der Waals surface area contributed by atoms with Crippen LogP contribution in [0.2, 0.25) is 0 Å². The van der Waals surface area contributed by atoms with E-state index in [0.29, 0.717) is 43.2 Å². The fourth-order valence-electron chi connectivity index (χ4n) is 3.77. The Bertz CT molecular complexity index is 1230. The van der Waals surface area contributed by atoms with Crippen LogP contribution in [0.25, 0.3) is 11.3 Å². The number of ether oxygens (including phenoxy) is 1. The zero-order valence-electron chi connectivity index (χ0n) is 18.3. The van der Waals surface area contributed by atoms with Gasteiger partial charge in [-0.3, -0.25) is 14.2 Å². The van der Waals surface area contributed by atoms with Gasteiger partial charge >= 0.3 is 0 Å². The smallest absolute Gasteiger partial charge is 0.272 e. The van der Waals surface area contributed by atoms with Crippen molar-refractivity contribution in [2.24, 2.45) is 14.1 Å². The van der Waals surface area contributed by atoms with Gasteiger partial charge in [0.1, 0.15) is 16.3 Å². The summed E-state index contributed by atoms with van der Waals surface area (Å²) in [4.78, 5) is 15.1. The maximum Gasteiger partial charge on any atom is 0.272 e. The lowest BCUT2D eigenvalue weighted by atomic mass is 10.1. The Balaban J connectivity index is 1.50. The summed E-state index contributed by atoms with van der Waals surface area (Å²) in [7, 11) is 1.36. The number of nitrogens with zero attached hydrogens (tertiary/aromatic N) is 6. The summed E-state index contributed by atoms with van der Waals surface area (Å²) in [6.07, 6.45) is 3.38. The predicted octanol–water partition coefficient (Wildman–Crippen LogP) is 1.37. The number of aromatic nitrogens is 4. The van der Waals surface area contributed by atoms with Crippen molar-refractivity contribution in [2.75, 3.05) is 33.3 Å². The average Bonchev–Trinajstić information content (AvgIpc) is 3.30. The third kappa shape index (κ3) is 4.26. The molecule has 3 aromatic rings. The number of amides is 1. The van der Waals surface area contributed by atoms with Gasteiger partial charge in [0.15, 0.2) is 0 Å². The van der Waals surface area contributed by atoms with Gasteiger partial charge < -0.3 is 9.64 Å². The molecule has 0 spiro atoms. The lowest BCUT2D eigenvalue weighted by molar-refractivity contribution is 0.0753. The Kier molecular flexibility index (Phi) is 6.02. The highest BCUT2D eigenvalue weighted by Crippen LogP contribution is 2.24. The first kappa shape index (κ1) is 22.0. The van der Waals surface area contributed by atoms with Gasteiger partial charge in [-0.15, -0.1) is 0 Å². The maximum atomic E-state index is 13.2. The highest BCUT2D eigenvalue weighted by molar-refractivity contribution is 7.89. The lowest BCUT2D eigenvalue weighted by Gasteiger charge is -2.21. The summed E-state index contributed by atoms with van der Waals surface area (Å²) in [5.41, 5.74) is 1.97. The predicted molar refractivity (Wildman–Crippen MR) is 118 cm³/mol. The van der Waals surface area contributed by atoms with E-state index < -0.39 is 10.0 Å². The monoisotopic (exact) mass is 458 g/mol. The van der Waals surface area contributed by atoms with Crippen LogP contribution in [0.4, 0.5) is 0 Å². The summed E-state index contributed by atoms with van der Waals surface area (Å²) >= 11 is 0. The van der Waals surface area contributed by atoms with Crippen LogP contribution in [-0.4, -0.2) is 76.4 Å². The van der Waals surface area contributed by atoms with Gasteiger partial charge in [0.2, 0.25) is 10.0 Å². The van der Waals surface area contributed by atoms with Gasteiger partial charge in [-0.1, -0.05) is 12.1 Å². The SMILES string of the molecule is COc1cccc(-c2cc(C(=O)N3CCCN(S(=O)(=O)c4cnn(C)c4)CC3)n(C)n2)c1. The van der Waals surface area contributed by atoms with E-state index in [1.54, 1.807) is 36.9 Å². The van der Waals surface area contributed by atoms with E-state index in [-0.39, 0.29) is 17.3 Å². The van der Waals surface area contributed by atoms with E-state index in [2.05, 4.69) is 10.2 Å². The van der Waals surface area contributed by atoms with Crippen molar-refractivity contribution in [3.05, 3.63) is 48.4 Å². The molecule has 0 radical (unpaired) electrons. The third-order valence-electron chi connectivity index (χ3n) is 5.53. The molecular weight excluding hydrogens is 432 g/mol. The summed E-state index contributed by atoms with van der Waals surface area (Å²) < 4.78 is 35.5. The van der Waals surface area contributed by atoms with E-state index >= 15 is 0 Å². The van der Waals surface area contributed by atoms with Crippen LogP contribution < -0.4 is 4.74 Å². The molecule has 11 heteroatoms. The zero-order valence-corrected chi connectivity index (χ0v) is 19.1. The average molecular weight is 459 g/mol. The van der Waals surface area contributed by atoms with Crippen molar-refractivity contribution >= 4 is 15.9 Å². The van der Waals surface area contributed by atoms with E-state index in [4.69, 9.17) is 4.74 Å². The van der Waals surface area contributed by atoms with Crippen LogP contribution in [0, 0.1) is 0 Å². The van der Waals surface area contributed by atoms with Crippen LogP contribution in [0.15, 0.2) is 47.6 Å². The Morgan fingerprint density at radius 3 is 2.62 bits per heavy atom. The minimum atomic E-state index is -3.64. The quantitative estimate of drug-likeness (QED) is 0.572. The van der Waals surface area contributed by atoms with Crippen molar-refractivity contribution in [2.45, 2.75) is 11.3 Å². The van der Waals surface area contributed by atoms with Gasteiger partial charge in [0.25, 0.3) is 5.91 Å². The Hall–Kier alpha value is -3.18. The standard InChI is InChI=1S/C21H26N6O4S/c1-24-15-18(14-22-24)32(29,30)27-9-5-8-26(10-11-27)21(28)20-13-19(23-25(20)2)16-6-4-7-17(12-16)31-3/h4,6-7,12-15H,5,8-11H2,1-3H3. The van der Waals surface area contributed by atoms with Crippen LogP contribution in [0.3, 0.4) is 0 Å². The molecule has 1 fully saturated rings. The number of hydrogen-bond acceptors (Lipinski definition) is 6. The Labute approximate surface area is 187 Å². The van der Waals surface area contributed by atoms with E-state index in [0.717, 1.165) is 5.56 Å². The number of rotatable bonds is 5. The number of carbonyl (C=O) groups is 1. The molecular formula is C21H26N6O4S. The minimum absolute atomic E-state index is 0.161. The molecule has 1 aliphatic rings. The van der Waals surface area contributed by atoms with Crippen LogP contribution in [-0.2, 0) is 24.1 Å². The molecule has 4 rings (SSSR count). The summed E-state index contributed by atoms with van der Waals surface area (Å²) in [6.45, 7) is 1.35. The minimum Gasteiger partial charge on any atom is -0.497 e. The lowest BCUT2D eigenvalue weighted by Crippen LogP contribution is -2.37. The van der Waals surface area contributed by atoms with Gasteiger partial charge in [0.05, 0.1) is 19.0 Å². The third-order valence-corrected chi connectivity index (χ3v) is 7.38. The topological polar surface area (TPSA) is 103 Å². The summed E-state index contributed by atoms with van der Waals surface area (Å²) in [5, 5.41) is 8.45. The molecule has 0 unspecified atom stereocenters. The molecule has 1 amide bonds. The number of benzene rings is 1. The highest BCUT2D eigenvalue weighted by Gasteiger charge is 2.30. The molecule has 10 nitrogen and oxygen atoms in total. The Morgan fingerprint density at radius 1 is 1.09 bits per heavy atom. The van der Waals surface area contributed by atoms with Crippen LogP contribution in [0.5, 0.6) is 5.75 Å². The van der Waals surface area contributed by atoms with Gasteiger partial charge in [0, 0.05) is 52.0 Å². The zero-order chi connectivity index (χ0) is 22.9. The second-order valence-corrected chi connectivity index (χ2v) is 9.61. The second kappa shape index (κ2) is 8.75. The van der Waals surface area contributed by atoms with Crippen molar-refractivity contribution in [3.63, 3.8) is 0 Å². The number of hydrogen-bond donors (Lipinski definition) is 0. The van der Waals surface area contributed by atoms with E-state index in [1.807, 2.05) is 24.3 Å². The first-order chi connectivity index (χ1) is 15.3. The fraction of sp³-hybridized carbons (Fsp3) is 0.381. The molecule has 1 aliphatic heterocycles. The molecule has 0 aliphatic carbocycles. The number of methoxy groups -OCH3 is 1. The normalized spacial score (nSPS) is 15.5. The number of carbonyl (C=O) groups excluding carboxylic acids is 1. The van der Waals surface area contributed by atoms with Crippen LogP contribution in [0.1, 0.15) is 16.9 Å². The molecule has 2 aromatic heterocycles. The number of aryl methyl sites for hydroxylation is 2. The van der Waals surface area contributed by atoms with Crippen molar-refractivity contribution in [3.8, 4) is 17.0 Å². The molecule has 0 saturated carbocycles. The molecule has 0 bridgehead atoms. The number of sulfonamides is 1. The summed E-state index contributed by atoms with van der Waals surface area (Å²) in [5.74, 6) is 0.540. The van der Waals surface area contributed by atoms with Gasteiger partial charge in [-0.2, -0.15) is 14.5 Å². The van der Waals surface area contributed by atoms with Crippen molar-refractivity contribution in [1.82, 2.24) is 28.8 Å². The maximum absolute atomic E-state index is 13.2. The molecule has 0 N–H and O–H groups in total. The highest BCUT2D eigenvalue weighted by atomic mass is 32.2. The molecule has 1 saturated heterocycles. The van der Waals surface area contributed by atoms with Gasteiger partial charge in [-0.25, -0.2) is 8.42 Å². The van der Waals surface area contributed by atoms with Crippen molar-refractivity contribution in [1.29, 1.82) is 0 Å². The Morgan fingerprint density at radius 2 is 1.91 bits per heavy atom. The summed E-state index contributed by atoms with van der Waals surface area (Å²) in [6, 6.07) is 9.25. The van der Waals surface area contributed by atoms with Crippen LogP contribution >= 0.6 is 0 Å². The molecule has 3 heterocycles. The molecule has 32 heavy (non-hydrogen) atoms. The molecule has 0 atom stereocenters. The second-order valence-electron chi connectivity index (χ2n) is 7.67. The molecule has 1 aromatic carbocycles. The molecule has 170 valence electrons. The largest absolute Gasteiger partial charge is 0.497 e.